The first-order chi connectivity index (χ1) is 11.1. The molecule has 4 N–H and O–H groups in total. The van der Waals surface area contributed by atoms with E-state index in [0.717, 1.165) is 38.4 Å². The van der Waals surface area contributed by atoms with Gasteiger partial charge in [0, 0.05) is 44.6 Å². The van der Waals surface area contributed by atoms with Crippen molar-refractivity contribution in [3.63, 3.8) is 0 Å². The van der Waals surface area contributed by atoms with E-state index in [9.17, 15) is 4.79 Å². The smallest absolute Gasteiger partial charge is 0.252 e. The van der Waals surface area contributed by atoms with Gasteiger partial charge < -0.3 is 16.4 Å². The summed E-state index contributed by atoms with van der Waals surface area (Å²) in [5, 5.41) is 0. The van der Waals surface area contributed by atoms with Crippen molar-refractivity contribution in [1.82, 2.24) is 9.88 Å². The first kappa shape index (κ1) is 21.0. The summed E-state index contributed by atoms with van der Waals surface area (Å²) in [5.74, 6) is 0.249. The molecule has 0 radical (unpaired) electrons. The fourth-order valence-corrected chi connectivity index (χ4v) is 2.91. The maximum atomic E-state index is 11.5. The molecule has 0 spiro atoms. The molecule has 3 rings (SSSR count). The van der Waals surface area contributed by atoms with Gasteiger partial charge in [0.25, 0.3) is 5.91 Å². The number of amides is 1. The number of carbonyl (C=O) groups is 1. The highest BCUT2D eigenvalue weighted by Crippen LogP contribution is 2.19. The summed E-state index contributed by atoms with van der Waals surface area (Å²) in [5.41, 5.74) is 13.8. The van der Waals surface area contributed by atoms with Crippen molar-refractivity contribution in [2.75, 3.05) is 36.8 Å². The molecule has 1 aliphatic rings. The van der Waals surface area contributed by atoms with E-state index in [1.54, 1.807) is 18.3 Å². The molecule has 0 unspecified atom stereocenters. The Balaban J connectivity index is 0.00000156. The summed E-state index contributed by atoms with van der Waals surface area (Å²) < 4.78 is 0. The number of benzene rings is 1. The molecule has 25 heavy (non-hydrogen) atoms. The minimum Gasteiger partial charge on any atom is -0.399 e. The van der Waals surface area contributed by atoms with E-state index >= 15 is 0 Å². The maximum absolute atomic E-state index is 11.5. The minimum absolute atomic E-state index is 0. The number of carbonyl (C=O) groups excluding carboxylic acids is 1. The van der Waals surface area contributed by atoms with Crippen LogP contribution in [0.4, 0.5) is 11.5 Å². The number of nitrogen functional groups attached to an aromatic ring is 1. The van der Waals surface area contributed by atoms with Crippen LogP contribution < -0.4 is 16.4 Å². The number of halogens is 2. The van der Waals surface area contributed by atoms with Gasteiger partial charge in [0.15, 0.2) is 0 Å². The van der Waals surface area contributed by atoms with Gasteiger partial charge in [-0.15, -0.1) is 24.8 Å². The van der Waals surface area contributed by atoms with E-state index in [-0.39, 0.29) is 24.8 Å². The Morgan fingerprint density at radius 3 is 2.44 bits per heavy atom. The maximum Gasteiger partial charge on any atom is 0.252 e. The SMILES string of the molecule is Cl.Cl.NC(=O)c1cccnc1N1CCN(Cc2cccc(N)c2)CC1. The summed E-state index contributed by atoms with van der Waals surface area (Å²) >= 11 is 0. The highest BCUT2D eigenvalue weighted by atomic mass is 35.5. The Labute approximate surface area is 160 Å². The number of hydrogen-bond donors (Lipinski definition) is 2. The molecule has 0 aliphatic carbocycles. The van der Waals surface area contributed by atoms with Crippen LogP contribution in [0.5, 0.6) is 0 Å². The van der Waals surface area contributed by atoms with Gasteiger partial charge in [-0.2, -0.15) is 0 Å². The number of nitrogens with two attached hydrogens (primary N) is 2. The molecule has 2 aromatic rings. The van der Waals surface area contributed by atoms with Crippen LogP contribution >= 0.6 is 24.8 Å². The number of rotatable bonds is 4. The van der Waals surface area contributed by atoms with Crippen molar-refractivity contribution in [2.24, 2.45) is 5.73 Å². The van der Waals surface area contributed by atoms with Gasteiger partial charge in [0.05, 0.1) is 5.56 Å². The number of primary amides is 1. The van der Waals surface area contributed by atoms with Crippen molar-refractivity contribution in [3.8, 4) is 0 Å². The van der Waals surface area contributed by atoms with Crippen molar-refractivity contribution >= 4 is 42.2 Å². The van der Waals surface area contributed by atoms with Crippen molar-refractivity contribution in [2.45, 2.75) is 6.54 Å². The summed E-state index contributed by atoms with van der Waals surface area (Å²) in [6.07, 6.45) is 1.70. The molecule has 8 heteroatoms. The first-order valence-corrected chi connectivity index (χ1v) is 7.70. The predicted octanol–water partition coefficient (Wildman–Crippen LogP) is 1.93. The highest BCUT2D eigenvalue weighted by molar-refractivity contribution is 5.97. The Hall–Kier alpha value is -2.02. The molecular weight excluding hydrogens is 361 g/mol. The van der Waals surface area contributed by atoms with Crippen LogP contribution in [0.2, 0.25) is 0 Å². The minimum atomic E-state index is -0.435. The van der Waals surface area contributed by atoms with E-state index < -0.39 is 5.91 Å². The van der Waals surface area contributed by atoms with E-state index in [1.807, 2.05) is 18.2 Å². The van der Waals surface area contributed by atoms with E-state index in [4.69, 9.17) is 11.5 Å². The molecule has 6 nitrogen and oxygen atoms in total. The predicted molar refractivity (Wildman–Crippen MR) is 106 cm³/mol. The lowest BCUT2D eigenvalue weighted by atomic mass is 10.1. The largest absolute Gasteiger partial charge is 0.399 e. The molecule has 136 valence electrons. The zero-order valence-electron chi connectivity index (χ0n) is 13.8. The van der Waals surface area contributed by atoms with Crippen molar-refractivity contribution in [3.05, 3.63) is 53.7 Å². The number of anilines is 2. The van der Waals surface area contributed by atoms with Crippen LogP contribution in [0.1, 0.15) is 15.9 Å². The van der Waals surface area contributed by atoms with Crippen molar-refractivity contribution in [1.29, 1.82) is 0 Å². The van der Waals surface area contributed by atoms with Gasteiger partial charge in [0.1, 0.15) is 5.82 Å². The standard InChI is InChI=1S/C17H21N5O.2ClH/c18-14-4-1-3-13(11-14)12-21-7-9-22(10-8-21)17-15(16(19)23)5-2-6-20-17;;/h1-6,11H,7-10,12,18H2,(H2,19,23);2*1H. The summed E-state index contributed by atoms with van der Waals surface area (Å²) in [6, 6.07) is 11.4. The lowest BCUT2D eigenvalue weighted by Crippen LogP contribution is -2.46. The molecule has 1 saturated heterocycles. The normalized spacial score (nSPS) is 14.3. The van der Waals surface area contributed by atoms with Crippen LogP contribution in [0, 0.1) is 0 Å². The molecule has 0 saturated carbocycles. The van der Waals surface area contributed by atoms with Gasteiger partial charge in [-0.25, -0.2) is 4.98 Å². The van der Waals surface area contributed by atoms with Crippen LogP contribution in [0.3, 0.4) is 0 Å². The molecule has 1 aromatic carbocycles. The molecule has 1 amide bonds. The van der Waals surface area contributed by atoms with Crippen LogP contribution in [0.25, 0.3) is 0 Å². The second-order valence-electron chi connectivity index (χ2n) is 5.75. The molecule has 0 bridgehead atoms. The number of pyridine rings is 1. The summed E-state index contributed by atoms with van der Waals surface area (Å²) in [4.78, 5) is 20.4. The fourth-order valence-electron chi connectivity index (χ4n) is 2.91. The quantitative estimate of drug-likeness (QED) is 0.787. The van der Waals surface area contributed by atoms with Gasteiger partial charge in [0.2, 0.25) is 0 Å². The molecular formula is C17H23Cl2N5O. The second kappa shape index (κ2) is 9.46. The van der Waals surface area contributed by atoms with Gasteiger partial charge in [-0.1, -0.05) is 12.1 Å². The molecule has 1 aliphatic heterocycles. The van der Waals surface area contributed by atoms with Gasteiger partial charge >= 0.3 is 0 Å². The average molecular weight is 384 g/mol. The number of aromatic nitrogens is 1. The average Bonchev–Trinajstić information content (AvgIpc) is 2.55. The third-order valence-corrected chi connectivity index (χ3v) is 4.08. The van der Waals surface area contributed by atoms with Crippen LogP contribution in [0.15, 0.2) is 42.6 Å². The second-order valence-corrected chi connectivity index (χ2v) is 5.75. The Morgan fingerprint density at radius 1 is 1.08 bits per heavy atom. The van der Waals surface area contributed by atoms with Gasteiger partial charge in [-0.05, 0) is 29.8 Å². The van der Waals surface area contributed by atoms with E-state index in [1.165, 1.54) is 5.56 Å². The van der Waals surface area contributed by atoms with Crippen LogP contribution in [-0.2, 0) is 6.54 Å². The zero-order chi connectivity index (χ0) is 16.2. The highest BCUT2D eigenvalue weighted by Gasteiger charge is 2.21. The molecule has 2 heterocycles. The monoisotopic (exact) mass is 383 g/mol. The van der Waals surface area contributed by atoms with E-state index in [0.29, 0.717) is 11.4 Å². The first-order valence-electron chi connectivity index (χ1n) is 7.70. The van der Waals surface area contributed by atoms with E-state index in [2.05, 4.69) is 20.9 Å². The lowest BCUT2D eigenvalue weighted by molar-refractivity contribution is 0.1000. The Bertz CT molecular complexity index is 705. The third-order valence-electron chi connectivity index (χ3n) is 4.08. The molecule has 1 aromatic heterocycles. The van der Waals surface area contributed by atoms with Gasteiger partial charge in [-0.3, -0.25) is 9.69 Å². The molecule has 0 atom stereocenters. The fraction of sp³-hybridized carbons (Fsp3) is 0.294. The number of hydrogen-bond acceptors (Lipinski definition) is 5. The molecule has 1 fully saturated rings. The van der Waals surface area contributed by atoms with Crippen LogP contribution in [-0.4, -0.2) is 42.0 Å². The summed E-state index contributed by atoms with van der Waals surface area (Å²) in [6.45, 7) is 4.33. The third kappa shape index (κ3) is 5.22. The Morgan fingerprint density at radius 2 is 1.80 bits per heavy atom. The number of piperazine rings is 1. The topological polar surface area (TPSA) is 88.5 Å². The number of nitrogens with zero attached hydrogens (tertiary/aromatic N) is 3. The zero-order valence-corrected chi connectivity index (χ0v) is 15.4. The lowest BCUT2D eigenvalue weighted by Gasteiger charge is -2.36. The van der Waals surface area contributed by atoms with Crippen molar-refractivity contribution < 1.29 is 4.79 Å². The Kier molecular flexibility index (Phi) is 7.96. The summed E-state index contributed by atoms with van der Waals surface area (Å²) in [7, 11) is 0.